The molecule has 4 rings (SSSR count). The first-order chi connectivity index (χ1) is 17.8. The maximum atomic E-state index is 13.5. The number of benzene rings is 3. The predicted octanol–water partition coefficient (Wildman–Crippen LogP) is 6.80. The first-order valence-corrected chi connectivity index (χ1v) is 11.2. The molecule has 1 aliphatic carbocycles. The normalized spacial score (nSPS) is 13.7. The molecule has 0 bridgehead atoms. The third-order valence-electron chi connectivity index (χ3n) is 6.30. The Labute approximate surface area is 213 Å². The Bertz CT molecular complexity index is 1340. The standard InChI is InChI=1S/C28H20F6O4/c1-37-25(35)23-13-17-11-21(15-5-3-7-19(9-15)27(29,30)31)22(12-18(17)14-24(23)26(36)38-2)16-6-4-8-20(10-16)28(32,33)34/h3-12H,13-14H2,1-2H3. The van der Waals surface area contributed by atoms with E-state index in [0.29, 0.717) is 11.1 Å². The van der Waals surface area contributed by atoms with Gasteiger partial charge in [0.05, 0.1) is 36.5 Å². The van der Waals surface area contributed by atoms with Crippen LogP contribution >= 0.6 is 0 Å². The molecule has 0 unspecified atom stereocenters. The van der Waals surface area contributed by atoms with Gasteiger partial charge in [0.25, 0.3) is 0 Å². The lowest BCUT2D eigenvalue weighted by Crippen LogP contribution is -2.22. The Morgan fingerprint density at radius 2 is 1.00 bits per heavy atom. The van der Waals surface area contributed by atoms with E-state index in [0.717, 1.165) is 38.5 Å². The third kappa shape index (κ3) is 5.29. The number of hydrogen-bond donors (Lipinski definition) is 0. The molecule has 0 saturated heterocycles. The lowest BCUT2D eigenvalue weighted by molar-refractivity contribution is -0.139. The van der Waals surface area contributed by atoms with Gasteiger partial charge in [0.15, 0.2) is 0 Å². The molecule has 10 heteroatoms. The summed E-state index contributed by atoms with van der Waals surface area (Å²) >= 11 is 0. The topological polar surface area (TPSA) is 52.6 Å². The van der Waals surface area contributed by atoms with Crippen molar-refractivity contribution in [2.75, 3.05) is 14.2 Å². The van der Waals surface area contributed by atoms with E-state index in [1.807, 2.05) is 0 Å². The SMILES string of the molecule is COC(=O)C1=C(C(=O)OC)Cc2cc(-c3cccc(C(F)(F)F)c3)c(-c3cccc(C(F)(F)F)c3)cc2C1. The summed E-state index contributed by atoms with van der Waals surface area (Å²) in [6, 6.07) is 12.0. The van der Waals surface area contributed by atoms with E-state index in [-0.39, 0.29) is 46.2 Å². The van der Waals surface area contributed by atoms with E-state index < -0.39 is 35.4 Å². The Morgan fingerprint density at radius 3 is 1.32 bits per heavy atom. The smallest absolute Gasteiger partial charge is 0.416 e. The lowest BCUT2D eigenvalue weighted by atomic mass is 9.81. The molecule has 38 heavy (non-hydrogen) atoms. The zero-order valence-corrected chi connectivity index (χ0v) is 20.1. The van der Waals surface area contributed by atoms with Gasteiger partial charge in [0, 0.05) is 12.8 Å². The zero-order valence-electron chi connectivity index (χ0n) is 20.1. The second kappa shape index (κ2) is 10.00. The molecule has 1 aliphatic rings. The largest absolute Gasteiger partial charge is 0.466 e. The van der Waals surface area contributed by atoms with Gasteiger partial charge in [0.1, 0.15) is 0 Å². The summed E-state index contributed by atoms with van der Waals surface area (Å²) in [6.45, 7) is 0. The number of carbonyl (C=O) groups is 2. The summed E-state index contributed by atoms with van der Waals surface area (Å²) in [6.07, 6.45) is -9.45. The fourth-order valence-electron chi connectivity index (χ4n) is 4.45. The van der Waals surface area contributed by atoms with Crippen LogP contribution in [0.3, 0.4) is 0 Å². The molecule has 0 fully saturated rings. The van der Waals surface area contributed by atoms with Crippen LogP contribution in [0.15, 0.2) is 71.8 Å². The molecule has 4 nitrogen and oxygen atoms in total. The number of esters is 2. The van der Waals surface area contributed by atoms with Crippen molar-refractivity contribution in [1.82, 2.24) is 0 Å². The number of ether oxygens (including phenoxy) is 2. The molecular weight excluding hydrogens is 514 g/mol. The molecule has 0 spiro atoms. The summed E-state index contributed by atoms with van der Waals surface area (Å²) in [5, 5.41) is 0. The summed E-state index contributed by atoms with van der Waals surface area (Å²) in [4.78, 5) is 24.8. The van der Waals surface area contributed by atoms with Gasteiger partial charge in [-0.15, -0.1) is 0 Å². The van der Waals surface area contributed by atoms with Gasteiger partial charge in [-0.25, -0.2) is 9.59 Å². The number of methoxy groups -OCH3 is 2. The summed E-state index contributed by atoms with van der Waals surface area (Å²) in [5.74, 6) is -1.53. The van der Waals surface area contributed by atoms with Crippen LogP contribution in [-0.2, 0) is 44.3 Å². The van der Waals surface area contributed by atoms with E-state index in [1.165, 1.54) is 36.4 Å². The predicted molar refractivity (Wildman–Crippen MR) is 126 cm³/mol. The number of carbonyl (C=O) groups excluding carboxylic acids is 2. The Morgan fingerprint density at radius 1 is 0.632 bits per heavy atom. The van der Waals surface area contributed by atoms with Crippen LogP contribution in [-0.4, -0.2) is 26.2 Å². The number of rotatable bonds is 4. The van der Waals surface area contributed by atoms with Crippen molar-refractivity contribution in [3.8, 4) is 22.3 Å². The Kier molecular flexibility index (Phi) is 7.10. The van der Waals surface area contributed by atoms with E-state index in [9.17, 15) is 35.9 Å². The fourth-order valence-corrected chi connectivity index (χ4v) is 4.45. The van der Waals surface area contributed by atoms with Crippen molar-refractivity contribution in [3.05, 3.63) is 94.1 Å². The minimum absolute atomic E-state index is 0.0358. The van der Waals surface area contributed by atoms with Crippen LogP contribution < -0.4 is 0 Å². The molecular formula is C28H20F6O4. The highest BCUT2D eigenvalue weighted by molar-refractivity contribution is 6.02. The van der Waals surface area contributed by atoms with E-state index in [4.69, 9.17) is 9.47 Å². The van der Waals surface area contributed by atoms with Crippen LogP contribution in [0.1, 0.15) is 22.3 Å². The van der Waals surface area contributed by atoms with Gasteiger partial charge >= 0.3 is 24.3 Å². The van der Waals surface area contributed by atoms with Crippen LogP contribution in [0.4, 0.5) is 26.3 Å². The first-order valence-electron chi connectivity index (χ1n) is 11.2. The van der Waals surface area contributed by atoms with Gasteiger partial charge in [-0.2, -0.15) is 26.3 Å². The molecule has 0 amide bonds. The quantitative estimate of drug-likeness (QED) is 0.273. The van der Waals surface area contributed by atoms with Gasteiger partial charge in [-0.1, -0.05) is 24.3 Å². The van der Waals surface area contributed by atoms with Gasteiger partial charge in [-0.05, 0) is 69.8 Å². The van der Waals surface area contributed by atoms with Crippen LogP contribution in [0.25, 0.3) is 22.3 Å². The number of halogens is 6. The van der Waals surface area contributed by atoms with E-state index in [1.54, 1.807) is 0 Å². The molecule has 0 saturated carbocycles. The molecule has 0 atom stereocenters. The first kappa shape index (κ1) is 27.0. The summed E-state index contributed by atoms with van der Waals surface area (Å²) in [7, 11) is 2.29. The molecule has 3 aromatic carbocycles. The fraction of sp³-hybridized carbons (Fsp3) is 0.214. The van der Waals surface area contributed by atoms with Crippen molar-refractivity contribution < 1.29 is 45.4 Å². The lowest BCUT2D eigenvalue weighted by Gasteiger charge is -2.24. The monoisotopic (exact) mass is 534 g/mol. The number of fused-ring (bicyclic) bond motifs is 1. The maximum absolute atomic E-state index is 13.5. The highest BCUT2D eigenvalue weighted by Crippen LogP contribution is 2.41. The minimum Gasteiger partial charge on any atom is -0.466 e. The van der Waals surface area contributed by atoms with E-state index in [2.05, 4.69) is 0 Å². The number of hydrogen-bond acceptors (Lipinski definition) is 4. The Hall–Kier alpha value is -4.08. The van der Waals surface area contributed by atoms with Crippen molar-refractivity contribution in [1.29, 1.82) is 0 Å². The van der Waals surface area contributed by atoms with Crippen LogP contribution in [0.2, 0.25) is 0 Å². The van der Waals surface area contributed by atoms with E-state index >= 15 is 0 Å². The molecule has 0 radical (unpaired) electrons. The third-order valence-corrected chi connectivity index (χ3v) is 6.30. The Balaban J connectivity index is 1.97. The summed E-state index contributed by atoms with van der Waals surface area (Å²) in [5.41, 5.74) is -0.0315. The highest BCUT2D eigenvalue weighted by Gasteiger charge is 2.33. The minimum atomic E-state index is -4.64. The van der Waals surface area contributed by atoms with Gasteiger partial charge < -0.3 is 9.47 Å². The molecule has 0 aromatic heterocycles. The second-order valence-electron chi connectivity index (χ2n) is 8.62. The molecule has 3 aromatic rings. The average molecular weight is 534 g/mol. The van der Waals surface area contributed by atoms with Crippen molar-refractivity contribution in [2.24, 2.45) is 0 Å². The van der Waals surface area contributed by atoms with Gasteiger partial charge in [-0.3, -0.25) is 0 Å². The average Bonchev–Trinajstić information content (AvgIpc) is 2.89. The molecule has 0 N–H and O–H groups in total. The number of alkyl halides is 6. The van der Waals surface area contributed by atoms with Crippen molar-refractivity contribution >= 4 is 11.9 Å². The summed E-state index contributed by atoms with van der Waals surface area (Å²) < 4.78 is 90.4. The van der Waals surface area contributed by atoms with Crippen LogP contribution in [0.5, 0.6) is 0 Å². The molecule has 198 valence electrons. The van der Waals surface area contributed by atoms with Crippen molar-refractivity contribution in [3.63, 3.8) is 0 Å². The van der Waals surface area contributed by atoms with Crippen molar-refractivity contribution in [2.45, 2.75) is 25.2 Å². The van der Waals surface area contributed by atoms with Crippen LogP contribution in [0, 0.1) is 0 Å². The maximum Gasteiger partial charge on any atom is 0.416 e. The molecule has 0 aliphatic heterocycles. The zero-order chi connectivity index (χ0) is 27.8. The van der Waals surface area contributed by atoms with Gasteiger partial charge in [0.2, 0.25) is 0 Å². The molecule has 0 heterocycles. The highest BCUT2D eigenvalue weighted by atomic mass is 19.4. The second-order valence-corrected chi connectivity index (χ2v) is 8.62.